The van der Waals surface area contributed by atoms with Crippen molar-refractivity contribution in [1.82, 2.24) is 5.32 Å². The van der Waals surface area contributed by atoms with Crippen LogP contribution in [0.15, 0.2) is 70.2 Å². The summed E-state index contributed by atoms with van der Waals surface area (Å²) < 4.78 is 5.67. The molecule has 1 fully saturated rings. The normalized spacial score (nSPS) is 16.1. The molecule has 0 radical (unpaired) electrons. The van der Waals surface area contributed by atoms with Crippen molar-refractivity contribution in [2.75, 3.05) is 25.4 Å². The van der Waals surface area contributed by atoms with Crippen molar-refractivity contribution in [2.24, 2.45) is 0 Å². The van der Waals surface area contributed by atoms with Crippen LogP contribution < -0.4 is 10.2 Å². The minimum Gasteiger partial charge on any atom is -0.463 e. The first-order valence-corrected chi connectivity index (χ1v) is 11.0. The molecular weight excluding hydrogens is 368 g/mol. The maximum Gasteiger partial charge on any atom is 0.230 e. The van der Waals surface area contributed by atoms with E-state index in [9.17, 15) is 4.79 Å². The van der Waals surface area contributed by atoms with E-state index in [0.717, 1.165) is 23.7 Å². The van der Waals surface area contributed by atoms with Gasteiger partial charge in [0.2, 0.25) is 5.91 Å². The van der Waals surface area contributed by atoms with E-state index >= 15 is 0 Å². The highest BCUT2D eigenvalue weighted by atomic mass is 32.2. The van der Waals surface area contributed by atoms with Crippen LogP contribution in [-0.2, 0) is 4.79 Å². The molecule has 0 unspecified atom stereocenters. The lowest BCUT2D eigenvalue weighted by molar-refractivity contribution is -0.936. The quantitative estimate of drug-likeness (QED) is 0.603. The van der Waals surface area contributed by atoms with E-state index in [2.05, 4.69) is 35.6 Å². The van der Waals surface area contributed by atoms with Gasteiger partial charge in [-0.2, -0.15) is 0 Å². The fraction of sp³-hybridized carbons (Fsp3) is 0.348. The summed E-state index contributed by atoms with van der Waals surface area (Å²) in [5.41, 5.74) is 0. The second kappa shape index (κ2) is 9.30. The van der Waals surface area contributed by atoms with E-state index in [-0.39, 0.29) is 11.9 Å². The number of quaternary nitrogens is 1. The summed E-state index contributed by atoms with van der Waals surface area (Å²) in [6.07, 6.45) is 5.53. The zero-order valence-corrected chi connectivity index (χ0v) is 16.8. The van der Waals surface area contributed by atoms with Gasteiger partial charge in [0, 0.05) is 4.90 Å². The van der Waals surface area contributed by atoms with Crippen LogP contribution in [0.1, 0.15) is 31.1 Å². The maximum atomic E-state index is 12.5. The van der Waals surface area contributed by atoms with Crippen LogP contribution in [0.3, 0.4) is 0 Å². The molecule has 1 amide bonds. The summed E-state index contributed by atoms with van der Waals surface area (Å²) in [5, 5.41) is 5.57. The Morgan fingerprint density at radius 3 is 2.64 bits per heavy atom. The highest BCUT2D eigenvalue weighted by Gasteiger charge is 2.28. The SMILES string of the molecule is O=C(CSc1ccc2ccccc2c1)NC[C@H](c1ccco1)[NH+]1CCCCC1. The average molecular weight is 396 g/mol. The third-order valence-corrected chi connectivity index (χ3v) is 6.46. The van der Waals surface area contributed by atoms with Crippen LogP contribution >= 0.6 is 11.8 Å². The van der Waals surface area contributed by atoms with E-state index in [4.69, 9.17) is 4.42 Å². The predicted octanol–water partition coefficient (Wildman–Crippen LogP) is 3.45. The van der Waals surface area contributed by atoms with Crippen molar-refractivity contribution in [1.29, 1.82) is 0 Å². The smallest absolute Gasteiger partial charge is 0.230 e. The molecule has 1 atom stereocenters. The van der Waals surface area contributed by atoms with E-state index in [1.165, 1.54) is 34.9 Å². The fourth-order valence-electron chi connectivity index (χ4n) is 3.96. The maximum absolute atomic E-state index is 12.5. The number of likely N-dealkylation sites (tertiary alicyclic amines) is 1. The molecule has 4 nitrogen and oxygen atoms in total. The molecule has 5 heteroatoms. The van der Waals surface area contributed by atoms with Gasteiger partial charge < -0.3 is 14.6 Å². The molecule has 28 heavy (non-hydrogen) atoms. The van der Waals surface area contributed by atoms with Crippen molar-refractivity contribution in [3.8, 4) is 0 Å². The van der Waals surface area contributed by atoms with Gasteiger partial charge in [-0.1, -0.05) is 30.3 Å². The van der Waals surface area contributed by atoms with Crippen LogP contribution in [-0.4, -0.2) is 31.3 Å². The number of benzene rings is 2. The molecule has 0 aliphatic carbocycles. The molecule has 2 heterocycles. The standard InChI is InChI=1S/C23H26N2O2S/c26-23(17-28-20-11-10-18-7-2-3-8-19(18)15-20)24-16-21(22-9-6-14-27-22)25-12-4-1-5-13-25/h2-3,6-11,14-15,21H,1,4-5,12-13,16-17H2,(H,24,26)/p+1/t21-/m1/s1. The summed E-state index contributed by atoms with van der Waals surface area (Å²) in [5.74, 6) is 1.48. The summed E-state index contributed by atoms with van der Waals surface area (Å²) in [6.45, 7) is 2.92. The molecule has 1 aliphatic rings. The Labute approximate surface area is 170 Å². The number of carbonyl (C=O) groups excluding carboxylic acids is 1. The Hall–Kier alpha value is -2.24. The van der Waals surface area contributed by atoms with Gasteiger partial charge in [-0.3, -0.25) is 4.79 Å². The number of nitrogens with one attached hydrogen (secondary N) is 2. The van der Waals surface area contributed by atoms with Crippen LogP contribution in [0.5, 0.6) is 0 Å². The number of thioether (sulfide) groups is 1. The lowest BCUT2D eigenvalue weighted by Crippen LogP contribution is -3.13. The molecule has 3 aromatic rings. The monoisotopic (exact) mass is 395 g/mol. The summed E-state index contributed by atoms with van der Waals surface area (Å²) in [7, 11) is 0. The molecular formula is C23H27N2O2S+. The number of carbonyl (C=O) groups is 1. The first-order valence-electron chi connectivity index (χ1n) is 10.1. The lowest BCUT2D eigenvalue weighted by Gasteiger charge is -2.30. The highest BCUT2D eigenvalue weighted by molar-refractivity contribution is 8.00. The predicted molar refractivity (Wildman–Crippen MR) is 114 cm³/mol. The zero-order valence-electron chi connectivity index (χ0n) is 16.0. The molecule has 1 saturated heterocycles. The minimum atomic E-state index is 0.0751. The number of furan rings is 1. The molecule has 1 aromatic heterocycles. The second-order valence-corrected chi connectivity index (χ2v) is 8.44. The van der Waals surface area contributed by atoms with Crippen molar-refractivity contribution >= 4 is 28.4 Å². The molecule has 2 aromatic carbocycles. The van der Waals surface area contributed by atoms with E-state index in [0.29, 0.717) is 12.3 Å². The third kappa shape index (κ3) is 4.78. The Morgan fingerprint density at radius 1 is 1.04 bits per heavy atom. The number of hydrogen-bond acceptors (Lipinski definition) is 3. The molecule has 4 rings (SSSR count). The van der Waals surface area contributed by atoms with Crippen molar-refractivity contribution in [3.05, 3.63) is 66.6 Å². The Kier molecular flexibility index (Phi) is 6.34. The second-order valence-electron chi connectivity index (χ2n) is 7.39. The highest BCUT2D eigenvalue weighted by Crippen LogP contribution is 2.23. The largest absolute Gasteiger partial charge is 0.463 e. The third-order valence-electron chi connectivity index (χ3n) is 5.47. The van der Waals surface area contributed by atoms with Crippen LogP contribution in [0.2, 0.25) is 0 Å². The van der Waals surface area contributed by atoms with E-state index in [1.807, 2.05) is 24.3 Å². The Morgan fingerprint density at radius 2 is 1.86 bits per heavy atom. The van der Waals surface area contributed by atoms with Crippen LogP contribution in [0, 0.1) is 0 Å². The van der Waals surface area contributed by atoms with Crippen molar-refractivity contribution < 1.29 is 14.1 Å². The lowest BCUT2D eigenvalue weighted by atomic mass is 10.1. The summed E-state index contributed by atoms with van der Waals surface area (Å²) in [6, 6.07) is 18.8. The number of rotatable bonds is 7. The van der Waals surface area contributed by atoms with Gasteiger partial charge in [0.25, 0.3) is 0 Å². The molecule has 0 spiro atoms. The van der Waals surface area contributed by atoms with E-state index in [1.54, 1.807) is 18.0 Å². The molecule has 146 valence electrons. The molecule has 0 bridgehead atoms. The van der Waals surface area contributed by atoms with Gasteiger partial charge in [-0.05, 0) is 54.3 Å². The van der Waals surface area contributed by atoms with Crippen LogP contribution in [0.4, 0.5) is 0 Å². The average Bonchev–Trinajstić information content (AvgIpc) is 3.27. The molecule has 1 aliphatic heterocycles. The Bertz CT molecular complexity index is 904. The Balaban J connectivity index is 1.32. The first-order chi connectivity index (χ1) is 13.8. The summed E-state index contributed by atoms with van der Waals surface area (Å²) >= 11 is 1.59. The zero-order chi connectivity index (χ0) is 19.2. The van der Waals surface area contributed by atoms with Gasteiger partial charge in [0.15, 0.2) is 11.8 Å². The molecule has 0 saturated carbocycles. The number of piperidine rings is 1. The van der Waals surface area contributed by atoms with Gasteiger partial charge in [-0.15, -0.1) is 11.8 Å². The number of hydrogen-bond donors (Lipinski definition) is 2. The van der Waals surface area contributed by atoms with Gasteiger partial charge in [-0.25, -0.2) is 0 Å². The fourth-order valence-corrected chi connectivity index (χ4v) is 4.74. The van der Waals surface area contributed by atoms with Crippen molar-refractivity contribution in [2.45, 2.75) is 30.2 Å². The van der Waals surface area contributed by atoms with Crippen molar-refractivity contribution in [3.63, 3.8) is 0 Å². The van der Waals surface area contributed by atoms with Gasteiger partial charge in [0.1, 0.15) is 0 Å². The summed E-state index contributed by atoms with van der Waals surface area (Å²) in [4.78, 5) is 15.1. The minimum absolute atomic E-state index is 0.0751. The van der Waals surface area contributed by atoms with Crippen LogP contribution in [0.25, 0.3) is 10.8 Å². The topological polar surface area (TPSA) is 46.7 Å². The van der Waals surface area contributed by atoms with Gasteiger partial charge in [0.05, 0.1) is 31.7 Å². The van der Waals surface area contributed by atoms with E-state index < -0.39 is 0 Å². The molecule has 2 N–H and O–H groups in total. The number of amides is 1. The van der Waals surface area contributed by atoms with Gasteiger partial charge >= 0.3 is 0 Å². The first kappa shape index (κ1) is 19.1. The number of fused-ring (bicyclic) bond motifs is 1.